The number of carbonyl (C=O) groups excluding carboxylic acids is 2. The van der Waals surface area contributed by atoms with Crippen molar-refractivity contribution < 1.29 is 112 Å². The van der Waals surface area contributed by atoms with Crippen LogP contribution < -0.4 is 74.9 Å². The van der Waals surface area contributed by atoms with E-state index < -0.39 is 75.3 Å². The minimum Gasteiger partial charge on any atom is -0.744 e. The zero-order valence-corrected chi connectivity index (χ0v) is 28.7. The molecule has 0 heterocycles. The van der Waals surface area contributed by atoms with Gasteiger partial charge in [0.2, 0.25) is 10.4 Å². The summed E-state index contributed by atoms with van der Waals surface area (Å²) in [6.45, 7) is -0.985. The predicted molar refractivity (Wildman–Crippen MR) is 136 cm³/mol. The topological polar surface area (TPSA) is 239 Å². The van der Waals surface area contributed by atoms with E-state index in [4.69, 9.17) is 10.5 Å². The van der Waals surface area contributed by atoms with Crippen LogP contribution in [0.2, 0.25) is 0 Å². The molecule has 3 N–H and O–H groups in total. The summed E-state index contributed by atoms with van der Waals surface area (Å²) >= 11 is 0. The van der Waals surface area contributed by atoms with Crippen LogP contribution in [0.3, 0.4) is 0 Å². The van der Waals surface area contributed by atoms with Crippen molar-refractivity contribution in [2.45, 2.75) is 9.79 Å². The molecule has 42 heavy (non-hydrogen) atoms. The molecule has 4 rings (SSSR count). The van der Waals surface area contributed by atoms with Gasteiger partial charge in [0.1, 0.15) is 20.8 Å². The molecule has 3 aromatic rings. The molecule has 3 aromatic carbocycles. The third-order valence-electron chi connectivity index (χ3n) is 5.83. The largest absolute Gasteiger partial charge is 1.00 e. The molecule has 212 valence electrons. The molecule has 0 unspecified atom stereocenters. The number of hydrogen-bond acceptors (Lipinski definition) is 14. The summed E-state index contributed by atoms with van der Waals surface area (Å²) in [5.41, 5.74) is 3.86. The van der Waals surface area contributed by atoms with Gasteiger partial charge >= 0.3 is 59.1 Å². The molecule has 0 bridgehead atoms. The van der Waals surface area contributed by atoms with Gasteiger partial charge in [0, 0.05) is 16.8 Å². The van der Waals surface area contributed by atoms with E-state index in [-0.39, 0.29) is 92.9 Å². The summed E-state index contributed by atoms with van der Waals surface area (Å²) in [6, 6.07) is 9.95. The van der Waals surface area contributed by atoms with Crippen molar-refractivity contribution in [2.75, 3.05) is 30.5 Å². The Morgan fingerprint density at radius 2 is 1.40 bits per heavy atom. The number of sulfone groups is 1. The third-order valence-corrected chi connectivity index (χ3v) is 8.85. The first kappa shape index (κ1) is 36.3. The summed E-state index contributed by atoms with van der Waals surface area (Å²) in [6.07, 6.45) is 0. The molecule has 1 aliphatic rings. The Kier molecular flexibility index (Phi) is 11.6. The maximum atomic E-state index is 13.4. The molecular weight excluding hydrogens is 638 g/mol. The number of anilines is 3. The minimum absolute atomic E-state index is 0. The number of benzene rings is 3. The van der Waals surface area contributed by atoms with Gasteiger partial charge in [-0.05, 0) is 24.3 Å². The van der Waals surface area contributed by atoms with Gasteiger partial charge in [-0.3, -0.25) is 13.8 Å². The Morgan fingerprint density at radius 3 is 1.93 bits per heavy atom. The van der Waals surface area contributed by atoms with E-state index in [2.05, 4.69) is 9.50 Å². The first-order valence-electron chi connectivity index (χ1n) is 10.9. The predicted octanol–water partition coefficient (Wildman–Crippen LogP) is -5.04. The monoisotopic (exact) mass is 656 g/mol. The van der Waals surface area contributed by atoms with Crippen molar-refractivity contribution in [3.63, 3.8) is 0 Å². The maximum absolute atomic E-state index is 13.4. The summed E-state index contributed by atoms with van der Waals surface area (Å²) in [5.74, 6) is -2.64. The molecule has 0 aromatic heterocycles. The molecule has 0 atom stereocenters. The van der Waals surface area contributed by atoms with E-state index in [1.807, 2.05) is 0 Å². The quantitative estimate of drug-likeness (QED) is 0.0742. The Balaban J connectivity index is 0.00000308. The average molecular weight is 657 g/mol. The maximum Gasteiger partial charge on any atom is 1.00 e. The Hall–Kier alpha value is -1.87. The standard InChI is InChI=1S/C23H20N2O12S3.2Na/c1-36-16-7-6-12(10-17(16)38(28,29)9-8-37-40(33,34)35)25-15-11-18(39(30,31)32)21(24)20-19(15)22(26)13-4-2-3-5-14(13)23(20)27;;/h2-7,10-11,25H,8-9,24H2,1H3,(H,30,31,32)(H,33,34,35);;/q;2*+1/p-2. The van der Waals surface area contributed by atoms with E-state index >= 15 is 0 Å². The van der Waals surface area contributed by atoms with Crippen molar-refractivity contribution in [1.29, 1.82) is 0 Å². The van der Waals surface area contributed by atoms with Gasteiger partial charge < -0.3 is 24.9 Å². The second kappa shape index (κ2) is 13.4. The summed E-state index contributed by atoms with van der Waals surface area (Å²) in [7, 11) is -13.6. The normalized spacial score (nSPS) is 12.8. The fraction of sp³-hybridized carbons (Fsp3) is 0.130. The molecule has 0 radical (unpaired) electrons. The minimum atomic E-state index is -5.25. The van der Waals surface area contributed by atoms with Crippen LogP contribution in [0.25, 0.3) is 0 Å². The van der Waals surface area contributed by atoms with Crippen LogP contribution in [0.5, 0.6) is 5.75 Å². The molecule has 0 spiro atoms. The number of hydrogen-bond donors (Lipinski definition) is 2. The van der Waals surface area contributed by atoms with Crippen molar-refractivity contribution in [3.8, 4) is 5.75 Å². The first-order chi connectivity index (χ1) is 18.5. The van der Waals surface area contributed by atoms with Crippen LogP contribution in [0.15, 0.2) is 58.3 Å². The number of ketones is 2. The fourth-order valence-corrected chi connectivity index (χ4v) is 6.42. The van der Waals surface area contributed by atoms with Crippen molar-refractivity contribution in [1.82, 2.24) is 0 Å². The van der Waals surface area contributed by atoms with Crippen LogP contribution in [0.1, 0.15) is 31.8 Å². The third kappa shape index (κ3) is 7.43. The van der Waals surface area contributed by atoms with Crippen LogP contribution in [0, 0.1) is 0 Å². The van der Waals surface area contributed by atoms with Crippen molar-refractivity contribution in [2.24, 2.45) is 0 Å². The number of rotatable bonds is 9. The number of methoxy groups -OCH3 is 1. The van der Waals surface area contributed by atoms with Crippen LogP contribution >= 0.6 is 0 Å². The number of ether oxygens (including phenoxy) is 1. The number of nitrogen functional groups attached to an aromatic ring is 1. The molecule has 0 saturated carbocycles. The molecule has 0 amide bonds. The molecule has 0 fully saturated rings. The van der Waals surface area contributed by atoms with E-state index in [9.17, 15) is 43.9 Å². The second-order valence-electron chi connectivity index (χ2n) is 8.28. The first-order valence-corrected chi connectivity index (χ1v) is 15.3. The molecule has 0 saturated heterocycles. The molecular formula is C23H18N2Na2O12S3. The number of carbonyl (C=O) groups is 2. The van der Waals surface area contributed by atoms with Gasteiger partial charge in [0.25, 0.3) is 0 Å². The van der Waals surface area contributed by atoms with Crippen LogP contribution in [0.4, 0.5) is 17.1 Å². The SMILES string of the molecule is COc1ccc(Nc2cc(S(=O)(=O)[O-])c(N)c3c2C(=O)c2ccccc2C3=O)cc1S(=O)(=O)CCOS(=O)(=O)[O-].[Na+].[Na+]. The number of nitrogens with two attached hydrogens (primary N) is 1. The van der Waals surface area contributed by atoms with E-state index in [1.165, 1.54) is 36.4 Å². The van der Waals surface area contributed by atoms with Crippen molar-refractivity contribution >= 4 is 59.0 Å². The van der Waals surface area contributed by atoms with E-state index in [1.54, 1.807) is 0 Å². The van der Waals surface area contributed by atoms with Gasteiger partial charge in [-0.1, -0.05) is 24.3 Å². The zero-order valence-electron chi connectivity index (χ0n) is 22.2. The van der Waals surface area contributed by atoms with Gasteiger partial charge in [0.15, 0.2) is 21.4 Å². The summed E-state index contributed by atoms with van der Waals surface area (Å²) < 4.78 is 103. The molecule has 19 heteroatoms. The van der Waals surface area contributed by atoms with Gasteiger partial charge in [-0.2, -0.15) is 0 Å². The van der Waals surface area contributed by atoms with Gasteiger partial charge in [-0.25, -0.2) is 25.3 Å². The molecule has 1 aliphatic carbocycles. The van der Waals surface area contributed by atoms with Gasteiger partial charge in [-0.15, -0.1) is 0 Å². The Bertz CT molecular complexity index is 1910. The Morgan fingerprint density at radius 1 is 0.833 bits per heavy atom. The number of nitrogens with one attached hydrogen (secondary N) is 1. The van der Waals surface area contributed by atoms with Crippen LogP contribution in [-0.4, -0.2) is 65.4 Å². The Labute approximate surface area is 285 Å². The smallest absolute Gasteiger partial charge is 0.744 e. The van der Waals surface area contributed by atoms with Gasteiger partial charge in [0.05, 0.1) is 46.9 Å². The second-order valence-corrected chi connectivity index (χ2v) is 12.8. The van der Waals surface area contributed by atoms with Crippen LogP contribution in [-0.2, 0) is 34.5 Å². The molecule has 0 aliphatic heterocycles. The average Bonchev–Trinajstić information content (AvgIpc) is 2.86. The summed E-state index contributed by atoms with van der Waals surface area (Å²) in [4.78, 5) is 25.2. The number of fused-ring (bicyclic) bond motifs is 2. The van der Waals surface area contributed by atoms with E-state index in [0.717, 1.165) is 19.2 Å². The molecule has 14 nitrogen and oxygen atoms in total. The summed E-state index contributed by atoms with van der Waals surface area (Å²) in [5, 5.41) is 2.67. The zero-order chi connectivity index (χ0) is 29.6. The van der Waals surface area contributed by atoms with Crippen molar-refractivity contribution in [3.05, 3.63) is 70.8 Å². The van der Waals surface area contributed by atoms with E-state index in [0.29, 0.717) is 0 Å². The fourth-order valence-electron chi connectivity index (χ4n) is 4.11.